The minimum absolute atomic E-state index is 0.0541. The largest absolute Gasteiger partial charge is 0.409 e. The Balaban J connectivity index is 2.10. The monoisotopic (exact) mass is 292 g/mol. The first-order chi connectivity index (χ1) is 8.91. The Morgan fingerprint density at radius 3 is 2.74 bits per heavy atom. The molecule has 1 fully saturated rings. The van der Waals surface area contributed by atoms with Crippen molar-refractivity contribution in [3.05, 3.63) is 34.6 Å². The van der Waals surface area contributed by atoms with Crippen molar-refractivity contribution in [2.75, 3.05) is 13.1 Å². The number of nitrogens with zero attached hydrogens (tertiary/aromatic N) is 2. The number of likely N-dealkylation sites (tertiary alicyclic amines) is 1. The molecular weight excluding hydrogens is 281 g/mol. The van der Waals surface area contributed by atoms with E-state index in [1.807, 2.05) is 0 Å². The molecule has 3 nitrogen and oxygen atoms in total. The molecule has 0 radical (unpaired) electrons. The van der Waals surface area contributed by atoms with Gasteiger partial charge in [0.2, 0.25) is 0 Å². The highest BCUT2D eigenvalue weighted by molar-refractivity contribution is 6.30. The summed E-state index contributed by atoms with van der Waals surface area (Å²) in [5.41, 5.74) is 0.592. The molecular formula is C12H12ClF3N2O. The van der Waals surface area contributed by atoms with Gasteiger partial charge in [-0.05, 0) is 17.7 Å². The van der Waals surface area contributed by atoms with Gasteiger partial charge in [-0.1, -0.05) is 22.8 Å². The van der Waals surface area contributed by atoms with E-state index in [0.717, 1.165) is 0 Å². The smallest absolute Gasteiger partial charge is 0.266 e. The van der Waals surface area contributed by atoms with Gasteiger partial charge < -0.3 is 10.1 Å². The summed E-state index contributed by atoms with van der Waals surface area (Å²) in [6, 6.07) is 4.04. The minimum atomic E-state index is -2.77. The fraction of sp³-hybridized carbons (Fsp3) is 0.417. The van der Waals surface area contributed by atoms with Crippen LogP contribution < -0.4 is 0 Å². The molecule has 2 rings (SSSR count). The fourth-order valence-corrected chi connectivity index (χ4v) is 2.20. The van der Waals surface area contributed by atoms with E-state index in [4.69, 9.17) is 16.8 Å². The normalized spacial score (nSPS) is 18.9. The number of halogens is 4. The summed E-state index contributed by atoms with van der Waals surface area (Å²) in [4.78, 5) is 1.32. The lowest BCUT2D eigenvalue weighted by molar-refractivity contribution is 0.0173. The van der Waals surface area contributed by atoms with Gasteiger partial charge in [0.25, 0.3) is 5.92 Å². The Morgan fingerprint density at radius 1 is 1.47 bits per heavy atom. The van der Waals surface area contributed by atoms with Crippen LogP contribution in [0.15, 0.2) is 23.4 Å². The van der Waals surface area contributed by atoms with E-state index in [9.17, 15) is 13.2 Å². The summed E-state index contributed by atoms with van der Waals surface area (Å²) in [6.07, 6.45) is -0.150. The van der Waals surface area contributed by atoms with Crippen LogP contribution in [0.2, 0.25) is 5.02 Å². The highest BCUT2D eigenvalue weighted by atomic mass is 35.5. The SMILES string of the molecule is ON=C(Cc1ccc(F)c(Cl)c1)N1CCC(F)(F)C1. The molecule has 7 heteroatoms. The molecule has 0 saturated carbocycles. The molecule has 19 heavy (non-hydrogen) atoms. The van der Waals surface area contributed by atoms with Crippen molar-refractivity contribution < 1.29 is 18.4 Å². The first-order valence-corrected chi connectivity index (χ1v) is 6.07. The number of rotatable bonds is 2. The third-order valence-electron chi connectivity index (χ3n) is 3.00. The molecule has 0 aromatic heterocycles. The molecule has 1 aliphatic heterocycles. The van der Waals surface area contributed by atoms with Gasteiger partial charge in [-0.3, -0.25) is 0 Å². The van der Waals surface area contributed by atoms with Crippen molar-refractivity contribution in [3.8, 4) is 0 Å². The van der Waals surface area contributed by atoms with Crippen molar-refractivity contribution in [2.45, 2.75) is 18.8 Å². The van der Waals surface area contributed by atoms with Crippen LogP contribution in [0.1, 0.15) is 12.0 Å². The first kappa shape index (κ1) is 14.0. The van der Waals surface area contributed by atoms with Gasteiger partial charge >= 0.3 is 0 Å². The van der Waals surface area contributed by atoms with Gasteiger partial charge in [-0.15, -0.1) is 0 Å². The number of hydrogen-bond donors (Lipinski definition) is 1. The highest BCUT2D eigenvalue weighted by Crippen LogP contribution is 2.27. The van der Waals surface area contributed by atoms with Crippen LogP contribution in [0.4, 0.5) is 13.2 Å². The Hall–Kier alpha value is -1.43. The Labute approximate surface area is 113 Å². The zero-order valence-electron chi connectivity index (χ0n) is 9.91. The third-order valence-corrected chi connectivity index (χ3v) is 3.29. The molecule has 0 spiro atoms. The number of alkyl halides is 2. The van der Waals surface area contributed by atoms with Crippen molar-refractivity contribution in [2.24, 2.45) is 5.16 Å². The molecule has 0 amide bonds. The van der Waals surface area contributed by atoms with E-state index in [1.165, 1.54) is 23.1 Å². The van der Waals surface area contributed by atoms with Crippen molar-refractivity contribution >= 4 is 17.4 Å². The fourth-order valence-electron chi connectivity index (χ4n) is 2.00. The number of hydrogen-bond acceptors (Lipinski definition) is 2. The zero-order chi connectivity index (χ0) is 14.0. The lowest BCUT2D eigenvalue weighted by Crippen LogP contribution is -2.32. The van der Waals surface area contributed by atoms with Crippen LogP contribution in [0.25, 0.3) is 0 Å². The summed E-state index contributed by atoms with van der Waals surface area (Å²) in [6.45, 7) is -0.345. The molecule has 1 aromatic carbocycles. The van der Waals surface area contributed by atoms with E-state index >= 15 is 0 Å². The lowest BCUT2D eigenvalue weighted by Gasteiger charge is -2.19. The predicted molar refractivity (Wildman–Crippen MR) is 65.5 cm³/mol. The summed E-state index contributed by atoms with van der Waals surface area (Å²) >= 11 is 5.63. The van der Waals surface area contributed by atoms with E-state index < -0.39 is 18.3 Å². The van der Waals surface area contributed by atoms with E-state index in [-0.39, 0.29) is 30.2 Å². The van der Waals surface area contributed by atoms with Crippen LogP contribution in [-0.4, -0.2) is 35.0 Å². The van der Waals surface area contributed by atoms with E-state index in [1.54, 1.807) is 0 Å². The standard InChI is InChI=1S/C12H12ClF3N2O/c13-9-5-8(1-2-10(9)14)6-11(17-19)18-4-3-12(15,16)7-18/h1-2,5,19H,3-4,6-7H2. The van der Waals surface area contributed by atoms with Crippen LogP contribution in [-0.2, 0) is 6.42 Å². The quantitative estimate of drug-likeness (QED) is 0.393. The number of amidine groups is 1. The second kappa shape index (κ2) is 5.28. The number of oxime groups is 1. The second-order valence-corrected chi connectivity index (χ2v) is 4.88. The van der Waals surface area contributed by atoms with Gasteiger partial charge in [0.1, 0.15) is 11.7 Å². The maximum atomic E-state index is 13.1. The first-order valence-electron chi connectivity index (χ1n) is 5.69. The van der Waals surface area contributed by atoms with Gasteiger partial charge in [0, 0.05) is 19.4 Å². The Kier molecular flexibility index (Phi) is 3.89. The minimum Gasteiger partial charge on any atom is -0.409 e. The Bertz CT molecular complexity index is 508. The average Bonchev–Trinajstić information content (AvgIpc) is 2.71. The Morgan fingerprint density at radius 2 is 2.21 bits per heavy atom. The molecule has 1 saturated heterocycles. The maximum absolute atomic E-state index is 13.1. The summed E-state index contributed by atoms with van der Waals surface area (Å²) < 4.78 is 39.2. The van der Waals surface area contributed by atoms with E-state index in [2.05, 4.69) is 5.16 Å². The van der Waals surface area contributed by atoms with Crippen LogP contribution >= 0.6 is 11.6 Å². The summed E-state index contributed by atoms with van der Waals surface area (Å²) in [7, 11) is 0. The zero-order valence-corrected chi connectivity index (χ0v) is 10.7. The van der Waals surface area contributed by atoms with E-state index in [0.29, 0.717) is 5.56 Å². The molecule has 0 bridgehead atoms. The molecule has 0 unspecified atom stereocenters. The molecule has 0 aliphatic carbocycles. The highest BCUT2D eigenvalue weighted by Gasteiger charge is 2.39. The molecule has 1 N–H and O–H groups in total. The van der Waals surface area contributed by atoms with Gasteiger partial charge in [0.05, 0.1) is 11.6 Å². The molecule has 0 atom stereocenters. The third kappa shape index (κ3) is 3.32. The molecule has 104 valence electrons. The van der Waals surface area contributed by atoms with Crippen molar-refractivity contribution in [3.63, 3.8) is 0 Å². The van der Waals surface area contributed by atoms with Crippen molar-refractivity contribution in [1.82, 2.24) is 4.90 Å². The summed E-state index contributed by atoms with van der Waals surface area (Å²) in [5, 5.41) is 11.9. The molecule has 1 aromatic rings. The lowest BCUT2D eigenvalue weighted by atomic mass is 10.1. The van der Waals surface area contributed by atoms with Gasteiger partial charge in [-0.2, -0.15) is 0 Å². The van der Waals surface area contributed by atoms with Gasteiger partial charge in [0.15, 0.2) is 0 Å². The second-order valence-electron chi connectivity index (χ2n) is 4.47. The van der Waals surface area contributed by atoms with Crippen LogP contribution in [0.3, 0.4) is 0 Å². The molecule has 1 aliphatic rings. The topological polar surface area (TPSA) is 35.8 Å². The van der Waals surface area contributed by atoms with Gasteiger partial charge in [-0.25, -0.2) is 13.2 Å². The van der Waals surface area contributed by atoms with Crippen molar-refractivity contribution in [1.29, 1.82) is 0 Å². The predicted octanol–water partition coefficient (Wildman–Crippen LogP) is 3.15. The maximum Gasteiger partial charge on any atom is 0.266 e. The number of benzene rings is 1. The average molecular weight is 293 g/mol. The van der Waals surface area contributed by atoms with Crippen LogP contribution in [0.5, 0.6) is 0 Å². The van der Waals surface area contributed by atoms with Crippen LogP contribution in [0, 0.1) is 5.82 Å². The summed E-state index contributed by atoms with van der Waals surface area (Å²) in [5.74, 6) is -3.20. The molecule has 1 heterocycles.